The molecule has 0 saturated carbocycles. The highest BCUT2D eigenvalue weighted by molar-refractivity contribution is 7.80. The minimum atomic E-state index is -0.930. The predicted octanol–water partition coefficient (Wildman–Crippen LogP) is 1.61. The third-order valence-corrected chi connectivity index (χ3v) is 4.43. The summed E-state index contributed by atoms with van der Waals surface area (Å²) >= 11 is 5.20. The van der Waals surface area contributed by atoms with Gasteiger partial charge in [0.1, 0.15) is 5.75 Å². The fourth-order valence-corrected chi connectivity index (χ4v) is 3.21. The average Bonchev–Trinajstić information content (AvgIpc) is 2.81. The molecule has 1 aromatic rings. The minimum Gasteiger partial charge on any atom is -0.481 e. The molecular formula is C17H16FN3O4S. The van der Waals surface area contributed by atoms with Gasteiger partial charge in [-0.15, -0.1) is 6.58 Å². The molecule has 1 saturated heterocycles. The van der Waals surface area contributed by atoms with Gasteiger partial charge in [0.15, 0.2) is 17.5 Å². The Balaban J connectivity index is 2.08. The van der Waals surface area contributed by atoms with Crippen molar-refractivity contribution < 1.29 is 23.5 Å². The molecule has 3 amide bonds. The molecule has 3 rings (SSSR count). The Kier molecular flexibility index (Phi) is 4.73. The van der Waals surface area contributed by atoms with Gasteiger partial charge in [0.25, 0.3) is 5.91 Å². The van der Waals surface area contributed by atoms with Crippen LogP contribution in [-0.4, -0.2) is 47.4 Å². The first-order valence-electron chi connectivity index (χ1n) is 7.98. The van der Waals surface area contributed by atoms with Crippen LogP contribution in [0.3, 0.4) is 0 Å². The van der Waals surface area contributed by atoms with Gasteiger partial charge in [-0.05, 0) is 24.7 Å². The molecule has 26 heavy (non-hydrogen) atoms. The number of ether oxygens (including phenoxy) is 1. The van der Waals surface area contributed by atoms with E-state index < -0.39 is 17.6 Å². The summed E-state index contributed by atoms with van der Waals surface area (Å²) in [5.74, 6) is -2.67. The summed E-state index contributed by atoms with van der Waals surface area (Å²) in [6.45, 7) is 5.67. The Bertz CT molecular complexity index is 842. The van der Waals surface area contributed by atoms with Crippen LogP contribution in [0.25, 0.3) is 0 Å². The quantitative estimate of drug-likeness (QED) is 0.443. The van der Waals surface area contributed by atoms with Crippen LogP contribution in [0.1, 0.15) is 13.3 Å². The van der Waals surface area contributed by atoms with Crippen molar-refractivity contribution in [2.45, 2.75) is 13.3 Å². The van der Waals surface area contributed by atoms with Crippen molar-refractivity contribution in [1.82, 2.24) is 4.90 Å². The summed E-state index contributed by atoms with van der Waals surface area (Å²) in [6, 6.07) is 2.37. The molecule has 0 N–H and O–H groups in total. The van der Waals surface area contributed by atoms with Crippen molar-refractivity contribution in [3.8, 4) is 5.75 Å². The molecule has 2 heterocycles. The van der Waals surface area contributed by atoms with Crippen molar-refractivity contribution in [3.05, 3.63) is 30.6 Å². The summed E-state index contributed by atoms with van der Waals surface area (Å²) in [5, 5.41) is -0.0842. The number of fused-ring (bicyclic) bond motifs is 1. The highest BCUT2D eigenvalue weighted by Crippen LogP contribution is 2.39. The topological polar surface area (TPSA) is 70.2 Å². The van der Waals surface area contributed by atoms with E-state index in [1.54, 1.807) is 0 Å². The normalized spacial score (nSPS) is 16.9. The van der Waals surface area contributed by atoms with Gasteiger partial charge in [0, 0.05) is 19.2 Å². The lowest BCUT2D eigenvalue weighted by molar-refractivity contribution is -0.139. The zero-order valence-electron chi connectivity index (χ0n) is 14.0. The summed E-state index contributed by atoms with van der Waals surface area (Å²) in [6.07, 6.45) is 2.11. The van der Waals surface area contributed by atoms with Gasteiger partial charge in [0.2, 0.25) is 0 Å². The van der Waals surface area contributed by atoms with E-state index in [9.17, 15) is 18.8 Å². The van der Waals surface area contributed by atoms with E-state index in [1.807, 2.05) is 6.92 Å². The maximum atomic E-state index is 14.6. The van der Waals surface area contributed by atoms with Crippen LogP contribution >= 0.6 is 12.2 Å². The van der Waals surface area contributed by atoms with Crippen LogP contribution in [0.2, 0.25) is 0 Å². The molecule has 0 aromatic heterocycles. The van der Waals surface area contributed by atoms with Gasteiger partial charge in [-0.3, -0.25) is 19.3 Å². The average molecular weight is 377 g/mol. The van der Waals surface area contributed by atoms with Crippen LogP contribution in [0.15, 0.2) is 24.8 Å². The lowest BCUT2D eigenvalue weighted by Gasteiger charge is -2.30. The summed E-state index contributed by atoms with van der Waals surface area (Å²) < 4.78 is 19.9. The van der Waals surface area contributed by atoms with E-state index in [-0.39, 0.29) is 47.8 Å². The molecule has 1 aromatic carbocycles. The fraction of sp³-hybridized carbons (Fsp3) is 0.294. The van der Waals surface area contributed by atoms with Gasteiger partial charge in [-0.1, -0.05) is 13.0 Å². The number of anilines is 2. The number of amides is 3. The van der Waals surface area contributed by atoms with Gasteiger partial charge in [0.05, 0.1) is 11.4 Å². The Morgan fingerprint density at radius 2 is 1.96 bits per heavy atom. The molecule has 1 fully saturated rings. The number of hydrogen-bond donors (Lipinski definition) is 0. The van der Waals surface area contributed by atoms with Gasteiger partial charge in [-0.25, -0.2) is 9.29 Å². The lowest BCUT2D eigenvalue weighted by atomic mass is 10.2. The molecule has 0 bridgehead atoms. The number of benzene rings is 1. The number of hydrogen-bond acceptors (Lipinski definition) is 5. The Morgan fingerprint density at radius 3 is 2.62 bits per heavy atom. The first-order valence-corrected chi connectivity index (χ1v) is 8.39. The summed E-state index contributed by atoms with van der Waals surface area (Å²) in [4.78, 5) is 39.9. The lowest BCUT2D eigenvalue weighted by Crippen LogP contribution is -2.39. The van der Waals surface area contributed by atoms with Gasteiger partial charge in [-0.2, -0.15) is 0 Å². The van der Waals surface area contributed by atoms with Crippen LogP contribution in [0.5, 0.6) is 5.75 Å². The maximum Gasteiger partial charge on any atom is 0.323 e. The number of halogens is 1. The highest BCUT2D eigenvalue weighted by Gasteiger charge is 2.43. The van der Waals surface area contributed by atoms with Crippen molar-refractivity contribution in [2.24, 2.45) is 0 Å². The maximum absolute atomic E-state index is 14.6. The smallest absolute Gasteiger partial charge is 0.323 e. The summed E-state index contributed by atoms with van der Waals surface area (Å²) in [5.41, 5.74) is 0.0904. The van der Waals surface area contributed by atoms with Crippen molar-refractivity contribution in [2.75, 3.05) is 29.5 Å². The van der Waals surface area contributed by atoms with E-state index in [0.29, 0.717) is 6.42 Å². The van der Waals surface area contributed by atoms with Crippen LogP contribution in [-0.2, 0) is 14.4 Å². The Labute approximate surface area is 154 Å². The second-order valence-corrected chi connectivity index (χ2v) is 6.10. The van der Waals surface area contributed by atoms with E-state index >= 15 is 0 Å². The second kappa shape index (κ2) is 6.83. The molecule has 2 aliphatic rings. The SMILES string of the molecule is C=CCN1C(=O)COc2cc(F)c(N3C(=O)C(=O)N(CCC)C3=S)cc21. The molecule has 136 valence electrons. The molecule has 0 radical (unpaired) electrons. The predicted molar refractivity (Wildman–Crippen MR) is 96.5 cm³/mol. The second-order valence-electron chi connectivity index (χ2n) is 5.73. The third-order valence-electron chi connectivity index (χ3n) is 4.02. The first kappa shape index (κ1) is 18.0. The van der Waals surface area contributed by atoms with Crippen molar-refractivity contribution in [1.29, 1.82) is 0 Å². The number of nitrogens with zero attached hydrogens (tertiary/aromatic N) is 3. The first-order chi connectivity index (χ1) is 12.4. The Morgan fingerprint density at radius 1 is 1.23 bits per heavy atom. The zero-order chi connectivity index (χ0) is 19.0. The van der Waals surface area contributed by atoms with Crippen molar-refractivity contribution in [3.63, 3.8) is 0 Å². The third kappa shape index (κ3) is 2.74. The Hall–Kier alpha value is -2.81. The van der Waals surface area contributed by atoms with Gasteiger partial charge >= 0.3 is 11.8 Å². The molecule has 7 nitrogen and oxygen atoms in total. The van der Waals surface area contributed by atoms with E-state index in [2.05, 4.69) is 6.58 Å². The fourth-order valence-electron chi connectivity index (χ4n) is 2.85. The molecule has 0 unspecified atom stereocenters. The molecular weight excluding hydrogens is 361 g/mol. The van der Waals surface area contributed by atoms with E-state index in [0.717, 1.165) is 15.9 Å². The van der Waals surface area contributed by atoms with Crippen LogP contribution in [0.4, 0.5) is 15.8 Å². The van der Waals surface area contributed by atoms with Gasteiger partial charge < -0.3 is 9.64 Å². The highest BCUT2D eigenvalue weighted by atomic mass is 32.1. The number of thiocarbonyl (C=S) groups is 1. The largest absolute Gasteiger partial charge is 0.481 e. The number of carbonyl (C=O) groups is 3. The molecule has 0 aliphatic carbocycles. The van der Waals surface area contributed by atoms with Crippen LogP contribution in [0, 0.1) is 5.82 Å². The monoisotopic (exact) mass is 377 g/mol. The number of carbonyl (C=O) groups excluding carboxylic acids is 3. The van der Waals surface area contributed by atoms with E-state index in [4.69, 9.17) is 17.0 Å². The number of rotatable bonds is 5. The van der Waals surface area contributed by atoms with E-state index in [1.165, 1.54) is 17.0 Å². The standard InChI is InChI=1S/C17H16FN3O4S/c1-3-5-19-12-8-11(10(18)7-13(12)25-9-14(19)22)21-16(24)15(23)20(6-4-2)17(21)26/h3,7-8H,1,4-6,9H2,2H3. The molecule has 0 spiro atoms. The van der Waals surface area contributed by atoms with Crippen molar-refractivity contribution >= 4 is 46.4 Å². The molecule has 0 atom stereocenters. The minimum absolute atomic E-state index is 0.0842. The zero-order valence-corrected chi connectivity index (χ0v) is 14.8. The molecule has 2 aliphatic heterocycles. The van der Waals surface area contributed by atoms with Crippen LogP contribution < -0.4 is 14.5 Å². The molecule has 9 heteroatoms. The summed E-state index contributed by atoms with van der Waals surface area (Å²) in [7, 11) is 0.